The Morgan fingerprint density at radius 1 is 1.22 bits per heavy atom. The van der Waals surface area contributed by atoms with Crippen LogP contribution in [-0.2, 0) is 9.53 Å². The third kappa shape index (κ3) is 4.67. The highest BCUT2D eigenvalue weighted by molar-refractivity contribution is 5.92. The fourth-order valence-corrected chi connectivity index (χ4v) is 3.34. The quantitative estimate of drug-likeness (QED) is 0.790. The third-order valence-electron chi connectivity index (χ3n) is 4.91. The molecule has 0 saturated heterocycles. The number of carbonyl (C=O) groups is 2. The topological polar surface area (TPSA) is 82.5 Å². The lowest BCUT2D eigenvalue weighted by Gasteiger charge is -2.29. The van der Waals surface area contributed by atoms with Crippen molar-refractivity contribution in [2.24, 2.45) is 5.92 Å². The van der Waals surface area contributed by atoms with Crippen molar-refractivity contribution in [3.63, 3.8) is 0 Å². The summed E-state index contributed by atoms with van der Waals surface area (Å²) in [6, 6.07) is 9.51. The molecular formula is C20H25N3O4. The van der Waals surface area contributed by atoms with Crippen LogP contribution >= 0.6 is 0 Å². The number of nitrogens with one attached hydrogen (secondary N) is 1. The van der Waals surface area contributed by atoms with Crippen molar-refractivity contribution in [3.05, 3.63) is 42.2 Å². The molecule has 2 atom stereocenters. The molecule has 0 spiro atoms. The molecule has 27 heavy (non-hydrogen) atoms. The number of amides is 1. The van der Waals surface area contributed by atoms with E-state index in [0.717, 1.165) is 24.9 Å². The van der Waals surface area contributed by atoms with E-state index in [-0.39, 0.29) is 24.2 Å². The maximum absolute atomic E-state index is 12.4. The fourth-order valence-electron chi connectivity index (χ4n) is 3.34. The first kappa shape index (κ1) is 18.9. The molecule has 3 rings (SSSR count). The van der Waals surface area contributed by atoms with Crippen LogP contribution in [0.2, 0.25) is 0 Å². The van der Waals surface area contributed by atoms with E-state index in [1.807, 2.05) is 30.3 Å². The molecule has 2 aromatic rings. The van der Waals surface area contributed by atoms with Gasteiger partial charge in [0.25, 0.3) is 5.91 Å². The summed E-state index contributed by atoms with van der Waals surface area (Å²) < 4.78 is 11.9. The number of ether oxygens (including phenoxy) is 2. The number of esters is 1. The molecule has 1 saturated carbocycles. The van der Waals surface area contributed by atoms with Crippen molar-refractivity contribution >= 4 is 11.9 Å². The molecule has 1 N–H and O–H groups in total. The second-order valence-corrected chi connectivity index (χ2v) is 6.84. The van der Waals surface area contributed by atoms with Gasteiger partial charge in [-0.1, -0.05) is 38.0 Å². The molecule has 7 nitrogen and oxygen atoms in total. The van der Waals surface area contributed by atoms with E-state index in [1.165, 1.54) is 13.5 Å². The number of carbonyl (C=O) groups excluding carboxylic acids is 2. The minimum atomic E-state index is -0.687. The van der Waals surface area contributed by atoms with Crippen LogP contribution in [0, 0.1) is 5.92 Å². The largest absolute Gasteiger partial charge is 0.493 e. The summed E-state index contributed by atoms with van der Waals surface area (Å²) in [6.45, 7) is 1.81. The second-order valence-electron chi connectivity index (χ2n) is 6.84. The Labute approximate surface area is 158 Å². The van der Waals surface area contributed by atoms with Crippen molar-refractivity contribution < 1.29 is 19.1 Å². The summed E-state index contributed by atoms with van der Waals surface area (Å²) in [6.07, 6.45) is 6.00. The molecular weight excluding hydrogens is 346 g/mol. The number of para-hydroxylation sites is 1. The van der Waals surface area contributed by atoms with Gasteiger partial charge in [-0.3, -0.25) is 4.79 Å². The van der Waals surface area contributed by atoms with Crippen LogP contribution < -0.4 is 10.1 Å². The lowest BCUT2D eigenvalue weighted by atomic mass is 9.86. The van der Waals surface area contributed by atoms with Crippen LogP contribution in [0.1, 0.15) is 43.1 Å². The standard InChI is InChI=1S/C20H25N3O4/c1-14-8-6-7-11-16(14)21-18(24)13-27-20(25)19-17(26-2)12-23(22-19)15-9-4-3-5-10-15/h3-5,9-10,12,14,16H,6-8,11,13H2,1-2H3,(H,21,24)/t14-,16+/m1/s1. The zero-order chi connectivity index (χ0) is 19.2. The van der Waals surface area contributed by atoms with Gasteiger partial charge in [0, 0.05) is 6.04 Å². The van der Waals surface area contributed by atoms with Gasteiger partial charge in [-0.05, 0) is 30.9 Å². The highest BCUT2D eigenvalue weighted by Crippen LogP contribution is 2.24. The SMILES string of the molecule is COc1cn(-c2ccccc2)nc1C(=O)OCC(=O)N[C@H]1CCCC[C@H]1C. The number of methoxy groups -OCH3 is 1. The molecule has 1 aromatic carbocycles. The van der Waals surface area contributed by atoms with E-state index < -0.39 is 5.97 Å². The minimum absolute atomic E-state index is 0.0418. The minimum Gasteiger partial charge on any atom is -0.493 e. The maximum atomic E-state index is 12.4. The van der Waals surface area contributed by atoms with E-state index in [0.29, 0.717) is 11.7 Å². The second kappa shape index (κ2) is 8.70. The molecule has 1 aromatic heterocycles. The Morgan fingerprint density at radius 3 is 2.67 bits per heavy atom. The average Bonchev–Trinajstić information content (AvgIpc) is 3.13. The van der Waals surface area contributed by atoms with Crippen molar-refractivity contribution in [1.29, 1.82) is 0 Å². The van der Waals surface area contributed by atoms with Crippen molar-refractivity contribution in [3.8, 4) is 11.4 Å². The summed E-state index contributed by atoms with van der Waals surface area (Å²) in [5.41, 5.74) is 0.832. The first-order valence-electron chi connectivity index (χ1n) is 9.24. The van der Waals surface area contributed by atoms with Gasteiger partial charge in [-0.25, -0.2) is 9.48 Å². The van der Waals surface area contributed by atoms with Gasteiger partial charge >= 0.3 is 5.97 Å². The molecule has 0 radical (unpaired) electrons. The van der Waals surface area contributed by atoms with Gasteiger partial charge in [-0.15, -0.1) is 0 Å². The summed E-state index contributed by atoms with van der Waals surface area (Å²) >= 11 is 0. The van der Waals surface area contributed by atoms with Crippen LogP contribution in [0.4, 0.5) is 0 Å². The summed E-state index contributed by atoms with van der Waals surface area (Å²) in [5, 5.41) is 7.20. The summed E-state index contributed by atoms with van der Waals surface area (Å²) in [7, 11) is 1.46. The Bertz CT molecular complexity index is 788. The number of hydrogen-bond acceptors (Lipinski definition) is 5. The molecule has 0 unspecified atom stereocenters. The molecule has 1 aliphatic rings. The normalized spacial score (nSPS) is 19.3. The van der Waals surface area contributed by atoms with Crippen LogP contribution in [-0.4, -0.2) is 41.4 Å². The van der Waals surface area contributed by atoms with Crippen molar-refractivity contribution in [2.75, 3.05) is 13.7 Å². The van der Waals surface area contributed by atoms with Gasteiger partial charge in [0.15, 0.2) is 12.4 Å². The molecule has 0 aliphatic heterocycles. The highest BCUT2D eigenvalue weighted by Gasteiger charge is 2.24. The number of benzene rings is 1. The van der Waals surface area contributed by atoms with E-state index in [4.69, 9.17) is 9.47 Å². The summed E-state index contributed by atoms with van der Waals surface area (Å²) in [4.78, 5) is 24.5. The van der Waals surface area contributed by atoms with E-state index in [1.54, 1.807) is 10.9 Å². The zero-order valence-corrected chi connectivity index (χ0v) is 15.7. The monoisotopic (exact) mass is 371 g/mol. The van der Waals surface area contributed by atoms with E-state index in [9.17, 15) is 9.59 Å². The van der Waals surface area contributed by atoms with Crippen LogP contribution in [0.3, 0.4) is 0 Å². The summed E-state index contributed by atoms with van der Waals surface area (Å²) in [5.74, 6) is -0.234. The van der Waals surface area contributed by atoms with Crippen LogP contribution in [0.15, 0.2) is 36.5 Å². The smallest absolute Gasteiger partial charge is 0.363 e. The van der Waals surface area contributed by atoms with Crippen molar-refractivity contribution in [1.82, 2.24) is 15.1 Å². The molecule has 1 fully saturated rings. The number of rotatable bonds is 6. The van der Waals surface area contributed by atoms with Crippen LogP contribution in [0.25, 0.3) is 5.69 Å². The zero-order valence-electron chi connectivity index (χ0n) is 15.7. The fraction of sp³-hybridized carbons (Fsp3) is 0.450. The van der Waals surface area contributed by atoms with Crippen LogP contribution in [0.5, 0.6) is 5.75 Å². The molecule has 0 bridgehead atoms. The van der Waals surface area contributed by atoms with E-state index in [2.05, 4.69) is 17.3 Å². The van der Waals surface area contributed by atoms with Gasteiger partial charge in [-0.2, -0.15) is 5.10 Å². The Morgan fingerprint density at radius 2 is 1.96 bits per heavy atom. The maximum Gasteiger partial charge on any atom is 0.363 e. The average molecular weight is 371 g/mol. The van der Waals surface area contributed by atoms with Gasteiger partial charge in [0.05, 0.1) is 19.0 Å². The highest BCUT2D eigenvalue weighted by atomic mass is 16.5. The van der Waals surface area contributed by atoms with Crippen molar-refractivity contribution in [2.45, 2.75) is 38.6 Å². The van der Waals surface area contributed by atoms with Gasteiger partial charge < -0.3 is 14.8 Å². The Hall–Kier alpha value is -2.83. The van der Waals surface area contributed by atoms with Gasteiger partial charge in [0.1, 0.15) is 0 Å². The number of aromatic nitrogens is 2. The molecule has 1 heterocycles. The Balaban J connectivity index is 1.60. The lowest BCUT2D eigenvalue weighted by molar-refractivity contribution is -0.125. The number of nitrogens with zero attached hydrogens (tertiary/aromatic N) is 2. The lowest BCUT2D eigenvalue weighted by Crippen LogP contribution is -2.42. The predicted octanol–water partition coefficient (Wildman–Crippen LogP) is 2.73. The third-order valence-corrected chi connectivity index (χ3v) is 4.91. The molecule has 1 amide bonds. The molecule has 144 valence electrons. The number of hydrogen-bond donors (Lipinski definition) is 1. The first-order chi connectivity index (χ1) is 13.1. The molecule has 1 aliphatic carbocycles. The van der Waals surface area contributed by atoms with E-state index >= 15 is 0 Å². The van der Waals surface area contributed by atoms with Gasteiger partial charge in [0.2, 0.25) is 5.69 Å². The predicted molar refractivity (Wildman–Crippen MR) is 100.0 cm³/mol. The Kier molecular flexibility index (Phi) is 6.11. The molecule has 7 heteroatoms. The first-order valence-corrected chi connectivity index (χ1v) is 9.24.